The zero-order chi connectivity index (χ0) is 20.6. The van der Waals surface area contributed by atoms with Crippen LogP contribution in [0.15, 0.2) is 12.1 Å². The van der Waals surface area contributed by atoms with E-state index in [0.29, 0.717) is 23.7 Å². The summed E-state index contributed by atoms with van der Waals surface area (Å²) in [7, 11) is 7.25. The van der Waals surface area contributed by atoms with Crippen molar-refractivity contribution < 1.29 is 9.59 Å². The number of pyridine rings is 1. The first-order valence-corrected chi connectivity index (χ1v) is 10.3. The molecule has 7 nitrogen and oxygen atoms in total. The number of likely N-dealkylation sites (tertiary alicyclic amines) is 1. The number of likely N-dealkylation sites (N-methyl/N-ethyl adjacent to an activating group) is 1. The average molecular weight is 404 g/mol. The number of nitrogens with zero attached hydrogens (tertiary/aromatic N) is 4. The van der Waals surface area contributed by atoms with E-state index in [1.54, 1.807) is 14.1 Å². The zero-order valence-corrected chi connectivity index (χ0v) is 18.1. The van der Waals surface area contributed by atoms with Crippen molar-refractivity contribution in [2.24, 2.45) is 0 Å². The molecule has 28 heavy (non-hydrogen) atoms. The molecule has 3 rings (SSSR count). The van der Waals surface area contributed by atoms with E-state index in [1.165, 1.54) is 16.2 Å². The predicted molar refractivity (Wildman–Crippen MR) is 114 cm³/mol. The average Bonchev–Trinajstić information content (AvgIpc) is 2.96. The van der Waals surface area contributed by atoms with Gasteiger partial charge >= 0.3 is 0 Å². The van der Waals surface area contributed by atoms with Gasteiger partial charge in [0.25, 0.3) is 5.91 Å². The lowest BCUT2D eigenvalue weighted by Gasteiger charge is -2.40. The van der Waals surface area contributed by atoms with Crippen LogP contribution in [0.3, 0.4) is 0 Å². The summed E-state index contributed by atoms with van der Waals surface area (Å²) in [6.07, 6.45) is 1.92. The second-order valence-corrected chi connectivity index (χ2v) is 9.31. The zero-order valence-electron chi connectivity index (χ0n) is 17.3. The van der Waals surface area contributed by atoms with E-state index in [2.05, 4.69) is 6.92 Å². The van der Waals surface area contributed by atoms with E-state index in [1.807, 2.05) is 36.0 Å². The van der Waals surface area contributed by atoms with Crippen molar-refractivity contribution in [3.05, 3.63) is 22.7 Å². The highest BCUT2D eigenvalue weighted by Crippen LogP contribution is 2.37. The quantitative estimate of drug-likeness (QED) is 0.845. The van der Waals surface area contributed by atoms with Crippen LogP contribution in [0.1, 0.15) is 35.1 Å². The van der Waals surface area contributed by atoms with Crippen LogP contribution in [0, 0.1) is 0 Å². The standard InChI is InChI=1S/C20H29N5O2S/c1-20(9-6-10-25(12-20)15(26)11-23(2)3)14-8-7-13-16(21)17(19(27)24(4)5)28-18(13)22-14/h7-8H,6,9-12,21H2,1-5H3. The van der Waals surface area contributed by atoms with Crippen molar-refractivity contribution >= 4 is 39.1 Å². The van der Waals surface area contributed by atoms with Crippen LogP contribution in [0.2, 0.25) is 0 Å². The van der Waals surface area contributed by atoms with Gasteiger partial charge in [-0.25, -0.2) is 4.98 Å². The van der Waals surface area contributed by atoms with E-state index in [-0.39, 0.29) is 17.2 Å². The molecule has 1 aliphatic rings. The first-order chi connectivity index (χ1) is 13.1. The number of thiophene rings is 1. The highest BCUT2D eigenvalue weighted by molar-refractivity contribution is 7.21. The molecule has 0 aromatic carbocycles. The molecular weight excluding hydrogens is 374 g/mol. The van der Waals surface area contributed by atoms with Crippen LogP contribution in [0.5, 0.6) is 0 Å². The van der Waals surface area contributed by atoms with Gasteiger partial charge in [-0.05, 0) is 39.1 Å². The Kier molecular flexibility index (Phi) is 5.63. The molecule has 0 spiro atoms. The van der Waals surface area contributed by atoms with Crippen LogP contribution >= 0.6 is 11.3 Å². The van der Waals surface area contributed by atoms with Crippen molar-refractivity contribution in [3.63, 3.8) is 0 Å². The number of carbonyl (C=O) groups is 2. The Morgan fingerprint density at radius 1 is 1.29 bits per heavy atom. The van der Waals surface area contributed by atoms with Crippen LogP contribution in [0.4, 0.5) is 5.69 Å². The molecule has 1 saturated heterocycles. The molecule has 1 atom stereocenters. The van der Waals surface area contributed by atoms with Gasteiger partial charge in [-0.1, -0.05) is 6.92 Å². The summed E-state index contributed by atoms with van der Waals surface area (Å²) in [5.41, 5.74) is 7.45. The number of hydrogen-bond acceptors (Lipinski definition) is 6. The Bertz CT molecular complexity index is 907. The lowest BCUT2D eigenvalue weighted by Crippen LogP contribution is -2.49. The van der Waals surface area contributed by atoms with E-state index >= 15 is 0 Å². The number of carbonyl (C=O) groups excluding carboxylic acids is 2. The molecule has 2 aromatic heterocycles. The number of piperidine rings is 1. The van der Waals surface area contributed by atoms with Gasteiger partial charge < -0.3 is 20.4 Å². The molecule has 0 bridgehead atoms. The maximum absolute atomic E-state index is 12.5. The highest BCUT2D eigenvalue weighted by Gasteiger charge is 2.36. The third kappa shape index (κ3) is 3.84. The van der Waals surface area contributed by atoms with Crippen LogP contribution in [-0.4, -0.2) is 79.3 Å². The largest absolute Gasteiger partial charge is 0.397 e. The van der Waals surface area contributed by atoms with Gasteiger partial charge in [-0.3, -0.25) is 9.59 Å². The van der Waals surface area contributed by atoms with Crippen molar-refractivity contribution in [2.75, 3.05) is 53.6 Å². The molecule has 1 aliphatic heterocycles. The van der Waals surface area contributed by atoms with Crippen LogP contribution in [0.25, 0.3) is 10.2 Å². The summed E-state index contributed by atoms with van der Waals surface area (Å²) in [5.74, 6) is 0.0441. The van der Waals surface area contributed by atoms with E-state index in [9.17, 15) is 9.59 Å². The molecule has 1 fully saturated rings. The second-order valence-electron chi connectivity index (χ2n) is 8.31. The fraction of sp³-hybridized carbons (Fsp3) is 0.550. The number of aromatic nitrogens is 1. The summed E-state index contributed by atoms with van der Waals surface area (Å²) in [6, 6.07) is 3.96. The van der Waals surface area contributed by atoms with Crippen LogP contribution in [-0.2, 0) is 10.2 Å². The Morgan fingerprint density at radius 3 is 2.64 bits per heavy atom. The summed E-state index contributed by atoms with van der Waals surface area (Å²) in [6.45, 7) is 4.03. The molecule has 8 heteroatoms. The number of rotatable bonds is 4. The Balaban J connectivity index is 1.92. The smallest absolute Gasteiger partial charge is 0.265 e. The van der Waals surface area contributed by atoms with Gasteiger partial charge in [-0.2, -0.15) is 0 Å². The second kappa shape index (κ2) is 7.67. The van der Waals surface area contributed by atoms with Crippen molar-refractivity contribution in [3.8, 4) is 0 Å². The molecule has 0 saturated carbocycles. The van der Waals surface area contributed by atoms with Crippen molar-refractivity contribution in [2.45, 2.75) is 25.2 Å². The summed E-state index contributed by atoms with van der Waals surface area (Å²) in [4.78, 5) is 36.4. The Morgan fingerprint density at radius 2 is 2.00 bits per heavy atom. The number of anilines is 1. The molecule has 1 unspecified atom stereocenters. The number of nitrogens with two attached hydrogens (primary N) is 1. The van der Waals surface area contributed by atoms with Crippen molar-refractivity contribution in [1.29, 1.82) is 0 Å². The summed E-state index contributed by atoms with van der Waals surface area (Å²) < 4.78 is 0. The normalized spacial score (nSPS) is 20.0. The van der Waals surface area contributed by atoms with Gasteiger partial charge in [0.05, 0.1) is 12.2 Å². The van der Waals surface area contributed by atoms with E-state index < -0.39 is 0 Å². The third-order valence-electron chi connectivity index (χ3n) is 5.31. The van der Waals surface area contributed by atoms with Crippen molar-refractivity contribution in [1.82, 2.24) is 19.7 Å². The number of hydrogen-bond donors (Lipinski definition) is 1. The van der Waals surface area contributed by atoms with E-state index in [4.69, 9.17) is 10.7 Å². The number of amides is 2. The fourth-order valence-corrected chi connectivity index (χ4v) is 4.84. The van der Waals surface area contributed by atoms with Gasteiger partial charge in [-0.15, -0.1) is 11.3 Å². The highest BCUT2D eigenvalue weighted by atomic mass is 32.1. The summed E-state index contributed by atoms with van der Waals surface area (Å²) in [5, 5.41) is 0.818. The monoisotopic (exact) mass is 403 g/mol. The molecule has 0 aliphatic carbocycles. The first-order valence-electron chi connectivity index (χ1n) is 9.46. The molecule has 3 heterocycles. The molecule has 2 N–H and O–H groups in total. The third-order valence-corrected chi connectivity index (χ3v) is 6.42. The maximum Gasteiger partial charge on any atom is 0.265 e. The minimum absolute atomic E-state index is 0.105. The predicted octanol–water partition coefficient (Wildman–Crippen LogP) is 2.02. The van der Waals surface area contributed by atoms with Gasteiger partial charge in [0.2, 0.25) is 5.91 Å². The van der Waals surface area contributed by atoms with E-state index in [0.717, 1.165) is 35.3 Å². The molecule has 2 amide bonds. The number of fused-ring (bicyclic) bond motifs is 1. The minimum atomic E-state index is -0.209. The van der Waals surface area contributed by atoms with Gasteiger partial charge in [0, 0.05) is 43.7 Å². The first kappa shape index (κ1) is 20.5. The molecule has 152 valence electrons. The maximum atomic E-state index is 12.5. The van der Waals surface area contributed by atoms with Gasteiger partial charge in [0.1, 0.15) is 9.71 Å². The fourth-order valence-electron chi connectivity index (χ4n) is 3.73. The SMILES string of the molecule is CN(C)CC(=O)N1CCCC(C)(c2ccc3c(N)c(C(=O)N(C)C)sc3n2)C1. The van der Waals surface area contributed by atoms with Gasteiger partial charge in [0.15, 0.2) is 0 Å². The minimum Gasteiger partial charge on any atom is -0.397 e. The lowest BCUT2D eigenvalue weighted by molar-refractivity contribution is -0.134. The molecule has 0 radical (unpaired) electrons. The Hall–Kier alpha value is -2.19. The Labute approximate surface area is 170 Å². The lowest BCUT2D eigenvalue weighted by atomic mass is 9.78. The molecular formula is C20H29N5O2S. The topological polar surface area (TPSA) is 82.8 Å². The number of nitrogen functional groups attached to an aromatic ring is 1. The van der Waals surface area contributed by atoms with Crippen LogP contribution < -0.4 is 5.73 Å². The summed E-state index contributed by atoms with van der Waals surface area (Å²) >= 11 is 1.34. The molecule has 2 aromatic rings.